The van der Waals surface area contributed by atoms with E-state index in [-0.39, 0.29) is 11.5 Å². The Morgan fingerprint density at radius 1 is 1.16 bits per heavy atom. The molecule has 1 heterocycles. The van der Waals surface area contributed by atoms with Crippen LogP contribution in [0, 0.1) is 20.8 Å². The molecule has 100 valence electrons. The van der Waals surface area contributed by atoms with Crippen LogP contribution in [-0.2, 0) is 0 Å². The molecule has 0 aliphatic rings. The van der Waals surface area contributed by atoms with Crippen molar-refractivity contribution in [1.29, 1.82) is 0 Å². The topological polar surface area (TPSA) is 45.8 Å². The van der Waals surface area contributed by atoms with E-state index in [0.717, 1.165) is 22.4 Å². The first kappa shape index (κ1) is 13.5. The zero-order chi connectivity index (χ0) is 14.2. The van der Waals surface area contributed by atoms with E-state index in [1.54, 1.807) is 0 Å². The minimum atomic E-state index is -0.0301. The van der Waals surface area contributed by atoms with Crippen LogP contribution in [0.3, 0.4) is 0 Å². The van der Waals surface area contributed by atoms with Gasteiger partial charge >= 0.3 is 0 Å². The third-order valence-electron chi connectivity index (χ3n) is 3.36. The Labute approximate surface area is 113 Å². The van der Waals surface area contributed by atoms with Gasteiger partial charge in [-0.25, -0.2) is 4.98 Å². The summed E-state index contributed by atoms with van der Waals surface area (Å²) in [5.41, 5.74) is 4.87. The van der Waals surface area contributed by atoms with Crippen molar-refractivity contribution >= 4 is 0 Å². The van der Waals surface area contributed by atoms with Crippen LogP contribution in [0.15, 0.2) is 23.0 Å². The number of hydrogen-bond donors (Lipinski definition) is 1. The molecular formula is C16H20N2O. The van der Waals surface area contributed by atoms with Gasteiger partial charge < -0.3 is 4.98 Å². The fraction of sp³-hybridized carbons (Fsp3) is 0.375. The molecule has 0 saturated heterocycles. The number of nitrogens with one attached hydrogen (secondary N) is 1. The molecule has 2 aromatic rings. The summed E-state index contributed by atoms with van der Waals surface area (Å²) < 4.78 is 0. The van der Waals surface area contributed by atoms with Crippen molar-refractivity contribution in [2.75, 3.05) is 0 Å². The van der Waals surface area contributed by atoms with Crippen LogP contribution in [0.2, 0.25) is 0 Å². The van der Waals surface area contributed by atoms with Crippen LogP contribution in [0.4, 0.5) is 0 Å². The van der Waals surface area contributed by atoms with Crippen molar-refractivity contribution in [3.05, 3.63) is 50.9 Å². The highest BCUT2D eigenvalue weighted by Gasteiger charge is 2.13. The summed E-state index contributed by atoms with van der Waals surface area (Å²) in [6.45, 7) is 10.0. The van der Waals surface area contributed by atoms with E-state index in [4.69, 9.17) is 0 Å². The minimum absolute atomic E-state index is 0.0301. The molecule has 3 nitrogen and oxygen atoms in total. The maximum absolute atomic E-state index is 12.2. The molecule has 0 aliphatic carbocycles. The number of aromatic amines is 1. The molecule has 0 saturated carbocycles. The lowest BCUT2D eigenvalue weighted by atomic mass is 10.0. The van der Waals surface area contributed by atoms with E-state index in [1.165, 1.54) is 5.56 Å². The van der Waals surface area contributed by atoms with E-state index >= 15 is 0 Å². The molecule has 0 fully saturated rings. The molecule has 0 amide bonds. The second-order valence-electron chi connectivity index (χ2n) is 5.39. The van der Waals surface area contributed by atoms with E-state index in [1.807, 2.05) is 39.8 Å². The Bertz CT molecular complexity index is 669. The second-order valence-corrected chi connectivity index (χ2v) is 5.39. The van der Waals surface area contributed by atoms with Crippen LogP contribution in [0.25, 0.3) is 11.4 Å². The van der Waals surface area contributed by atoms with Gasteiger partial charge in [-0.2, -0.15) is 0 Å². The quantitative estimate of drug-likeness (QED) is 0.894. The first-order valence-electron chi connectivity index (χ1n) is 6.58. The Hall–Kier alpha value is -1.90. The number of aryl methyl sites for hydroxylation is 3. The lowest BCUT2D eigenvalue weighted by molar-refractivity contribution is 0.814. The number of benzene rings is 1. The van der Waals surface area contributed by atoms with Crippen molar-refractivity contribution < 1.29 is 0 Å². The molecule has 0 radical (unpaired) electrons. The minimum Gasteiger partial charge on any atom is -0.306 e. The summed E-state index contributed by atoms with van der Waals surface area (Å²) in [7, 11) is 0. The Morgan fingerprint density at radius 3 is 2.37 bits per heavy atom. The van der Waals surface area contributed by atoms with Gasteiger partial charge in [-0.05, 0) is 32.3 Å². The molecule has 1 N–H and O–H groups in total. The fourth-order valence-corrected chi connectivity index (χ4v) is 2.48. The van der Waals surface area contributed by atoms with Gasteiger partial charge in [-0.15, -0.1) is 0 Å². The van der Waals surface area contributed by atoms with Gasteiger partial charge in [0.05, 0.1) is 0 Å². The SMILES string of the molecule is Cc1ccc(-c2nc(C)c(C(C)C)c(=O)[nH]2)c(C)c1. The van der Waals surface area contributed by atoms with Gasteiger partial charge in [-0.3, -0.25) is 4.79 Å². The summed E-state index contributed by atoms with van der Waals surface area (Å²) in [6, 6.07) is 6.15. The van der Waals surface area contributed by atoms with Gasteiger partial charge in [0.15, 0.2) is 0 Å². The monoisotopic (exact) mass is 256 g/mol. The average molecular weight is 256 g/mol. The first-order valence-corrected chi connectivity index (χ1v) is 6.58. The first-order chi connectivity index (χ1) is 8.90. The van der Waals surface area contributed by atoms with Crippen molar-refractivity contribution in [3.63, 3.8) is 0 Å². The van der Waals surface area contributed by atoms with Gasteiger partial charge in [0.25, 0.3) is 5.56 Å². The summed E-state index contributed by atoms with van der Waals surface area (Å²) >= 11 is 0. The molecule has 0 atom stereocenters. The standard InChI is InChI=1S/C16H20N2O/c1-9(2)14-12(5)17-15(18-16(14)19)13-7-6-10(3)8-11(13)4/h6-9H,1-5H3,(H,17,18,19). The Morgan fingerprint density at radius 2 is 1.84 bits per heavy atom. The van der Waals surface area contributed by atoms with Gasteiger partial charge in [0.2, 0.25) is 0 Å². The predicted octanol–water partition coefficient (Wildman–Crippen LogP) is 3.49. The van der Waals surface area contributed by atoms with E-state index in [9.17, 15) is 4.79 Å². The van der Waals surface area contributed by atoms with Crippen molar-refractivity contribution in [1.82, 2.24) is 9.97 Å². The number of aromatic nitrogens is 2. The Balaban J connectivity index is 2.62. The molecule has 0 spiro atoms. The summed E-state index contributed by atoms with van der Waals surface area (Å²) in [5.74, 6) is 0.841. The van der Waals surface area contributed by atoms with Crippen LogP contribution in [0.1, 0.15) is 42.1 Å². The molecule has 0 unspecified atom stereocenters. The Kier molecular flexibility index (Phi) is 3.56. The molecular weight excluding hydrogens is 236 g/mol. The normalized spacial score (nSPS) is 11.1. The molecule has 3 heteroatoms. The zero-order valence-corrected chi connectivity index (χ0v) is 12.2. The van der Waals surface area contributed by atoms with Gasteiger partial charge in [0.1, 0.15) is 5.82 Å². The molecule has 0 aliphatic heterocycles. The van der Waals surface area contributed by atoms with Crippen LogP contribution in [0.5, 0.6) is 0 Å². The van der Waals surface area contributed by atoms with Crippen molar-refractivity contribution in [3.8, 4) is 11.4 Å². The molecule has 1 aromatic heterocycles. The van der Waals surface area contributed by atoms with E-state index in [2.05, 4.69) is 23.0 Å². The summed E-state index contributed by atoms with van der Waals surface area (Å²) in [6.07, 6.45) is 0. The fourth-order valence-electron chi connectivity index (χ4n) is 2.48. The number of nitrogens with zero attached hydrogens (tertiary/aromatic N) is 1. The maximum Gasteiger partial charge on any atom is 0.254 e. The lowest BCUT2D eigenvalue weighted by Gasteiger charge is -2.11. The zero-order valence-electron chi connectivity index (χ0n) is 12.2. The highest BCUT2D eigenvalue weighted by Crippen LogP contribution is 2.22. The van der Waals surface area contributed by atoms with Crippen LogP contribution in [-0.4, -0.2) is 9.97 Å². The molecule has 1 aromatic carbocycles. The van der Waals surface area contributed by atoms with E-state index in [0.29, 0.717) is 5.82 Å². The lowest BCUT2D eigenvalue weighted by Crippen LogP contribution is -2.18. The summed E-state index contributed by atoms with van der Waals surface area (Å²) in [5, 5.41) is 0. The highest BCUT2D eigenvalue weighted by molar-refractivity contribution is 5.60. The molecule has 0 bridgehead atoms. The van der Waals surface area contributed by atoms with Crippen LogP contribution < -0.4 is 5.56 Å². The van der Waals surface area contributed by atoms with Gasteiger partial charge in [0, 0.05) is 16.8 Å². The van der Waals surface area contributed by atoms with Crippen LogP contribution >= 0.6 is 0 Å². The van der Waals surface area contributed by atoms with Crippen molar-refractivity contribution in [2.45, 2.75) is 40.5 Å². The number of hydrogen-bond acceptors (Lipinski definition) is 2. The number of rotatable bonds is 2. The molecule has 2 rings (SSSR count). The summed E-state index contributed by atoms with van der Waals surface area (Å²) in [4.78, 5) is 19.6. The highest BCUT2D eigenvalue weighted by atomic mass is 16.1. The second kappa shape index (κ2) is 5.00. The maximum atomic E-state index is 12.2. The molecule has 19 heavy (non-hydrogen) atoms. The third-order valence-corrected chi connectivity index (χ3v) is 3.36. The van der Waals surface area contributed by atoms with Crippen molar-refractivity contribution in [2.24, 2.45) is 0 Å². The van der Waals surface area contributed by atoms with Gasteiger partial charge in [-0.1, -0.05) is 37.6 Å². The average Bonchev–Trinajstić information content (AvgIpc) is 2.26. The smallest absolute Gasteiger partial charge is 0.254 e. The van der Waals surface area contributed by atoms with E-state index < -0.39 is 0 Å². The predicted molar refractivity (Wildman–Crippen MR) is 78.6 cm³/mol. The largest absolute Gasteiger partial charge is 0.306 e. The third kappa shape index (κ3) is 2.60. The number of H-pyrrole nitrogens is 1.